The van der Waals surface area contributed by atoms with Crippen LogP contribution in [0, 0.1) is 12.7 Å². The number of nitrogens with zero attached hydrogens (tertiary/aromatic N) is 2. The maximum Gasteiger partial charge on any atom is 0.254 e. The lowest BCUT2D eigenvalue weighted by Crippen LogP contribution is -2.43. The Morgan fingerprint density at radius 1 is 1.20 bits per heavy atom. The second-order valence-corrected chi connectivity index (χ2v) is 10.1. The molecule has 6 rings (SSSR count). The number of hydrogen-bond acceptors (Lipinski definition) is 6. The second-order valence-electron chi connectivity index (χ2n) is 10.1. The highest BCUT2D eigenvalue weighted by Crippen LogP contribution is 2.50. The van der Waals surface area contributed by atoms with Gasteiger partial charge in [-0.3, -0.25) is 9.59 Å². The first-order valence-electron chi connectivity index (χ1n) is 12.1. The molecular formula is C27H27FN2O5. The Labute approximate surface area is 201 Å². The van der Waals surface area contributed by atoms with E-state index in [0.717, 1.165) is 22.1 Å². The van der Waals surface area contributed by atoms with E-state index in [4.69, 9.17) is 9.72 Å². The average Bonchev–Trinajstić information content (AvgIpc) is 3.36. The predicted octanol–water partition coefficient (Wildman–Crippen LogP) is 2.77. The number of aliphatic hydroxyl groups is 2. The Hall–Kier alpha value is -2.94. The highest BCUT2D eigenvalue weighted by molar-refractivity contribution is 5.95. The third kappa shape index (κ3) is 2.78. The Bertz CT molecular complexity index is 1530. The smallest absolute Gasteiger partial charge is 0.254 e. The Kier molecular flexibility index (Phi) is 4.69. The summed E-state index contributed by atoms with van der Waals surface area (Å²) in [7, 11) is 0. The first-order chi connectivity index (χ1) is 16.6. The molecule has 1 aromatic carbocycles. The van der Waals surface area contributed by atoms with Crippen LogP contribution in [0.5, 0.6) is 0 Å². The minimum absolute atomic E-state index is 0.122. The van der Waals surface area contributed by atoms with E-state index >= 15 is 0 Å². The fourth-order valence-electron chi connectivity index (χ4n) is 6.40. The van der Waals surface area contributed by atoms with Crippen LogP contribution >= 0.6 is 0 Å². The largest absolute Gasteiger partial charge is 0.394 e. The zero-order valence-electron chi connectivity index (χ0n) is 20.0. The molecule has 3 aliphatic rings. The quantitative estimate of drug-likeness (QED) is 0.468. The number of aliphatic hydroxyl groups excluding tert-OH is 1. The summed E-state index contributed by atoms with van der Waals surface area (Å²) in [5, 5.41) is 21.5. The van der Waals surface area contributed by atoms with Gasteiger partial charge in [0.1, 0.15) is 11.4 Å². The molecule has 3 aromatic rings. The van der Waals surface area contributed by atoms with Crippen molar-refractivity contribution in [3.05, 3.63) is 61.7 Å². The molecule has 2 aromatic heterocycles. The first-order valence-corrected chi connectivity index (χ1v) is 12.1. The molecule has 0 bridgehead atoms. The maximum absolute atomic E-state index is 14.9. The summed E-state index contributed by atoms with van der Waals surface area (Å²) in [4.78, 5) is 31.1. The molecular weight excluding hydrogens is 451 g/mol. The fourth-order valence-corrected chi connectivity index (χ4v) is 6.40. The topological polar surface area (TPSA) is 102 Å². The van der Waals surface area contributed by atoms with Gasteiger partial charge in [-0.15, -0.1) is 0 Å². The van der Waals surface area contributed by atoms with Crippen molar-refractivity contribution >= 4 is 16.7 Å². The van der Waals surface area contributed by atoms with Crippen molar-refractivity contribution in [3.63, 3.8) is 0 Å². The highest BCUT2D eigenvalue weighted by Gasteiger charge is 2.46. The van der Waals surface area contributed by atoms with E-state index in [1.54, 1.807) is 24.5 Å². The van der Waals surface area contributed by atoms with Crippen molar-refractivity contribution in [2.75, 3.05) is 13.2 Å². The summed E-state index contributed by atoms with van der Waals surface area (Å²) in [6.07, 6.45) is 1.03. The third-order valence-electron chi connectivity index (χ3n) is 8.24. The van der Waals surface area contributed by atoms with Gasteiger partial charge in [-0.05, 0) is 43.9 Å². The van der Waals surface area contributed by atoms with Crippen LogP contribution in [0.3, 0.4) is 0 Å². The molecule has 182 valence electrons. The number of rotatable bonds is 4. The summed E-state index contributed by atoms with van der Waals surface area (Å²) in [6, 6.07) is 3.14. The zero-order valence-corrected chi connectivity index (χ0v) is 20.0. The van der Waals surface area contributed by atoms with Crippen LogP contribution in [-0.2, 0) is 40.1 Å². The van der Waals surface area contributed by atoms with E-state index in [9.17, 15) is 24.2 Å². The molecule has 0 saturated heterocycles. The molecule has 1 aliphatic heterocycles. The molecule has 0 amide bonds. The summed E-state index contributed by atoms with van der Waals surface area (Å²) < 4.78 is 22.7. The van der Waals surface area contributed by atoms with Crippen molar-refractivity contribution in [2.24, 2.45) is 0 Å². The van der Waals surface area contributed by atoms with Gasteiger partial charge in [-0.1, -0.05) is 6.92 Å². The van der Waals surface area contributed by atoms with Gasteiger partial charge in [0.25, 0.3) is 5.56 Å². The number of aromatic nitrogens is 2. The summed E-state index contributed by atoms with van der Waals surface area (Å²) in [5.74, 6) is -0.642. The van der Waals surface area contributed by atoms with E-state index in [1.165, 1.54) is 6.07 Å². The van der Waals surface area contributed by atoms with Crippen LogP contribution in [0.1, 0.15) is 60.1 Å². The SMILES string of the molecule is CC[C@@]1(O)C(=O)CCc2c1cc1n(c2=O)Cc2c-1nc1cc(F)c(C)c3c1c2C(C)(OCCO)C3. The van der Waals surface area contributed by atoms with Gasteiger partial charge in [0.05, 0.1) is 42.3 Å². The molecule has 3 heterocycles. The Morgan fingerprint density at radius 3 is 2.69 bits per heavy atom. The number of ether oxygens (including phenoxy) is 1. The van der Waals surface area contributed by atoms with Crippen LogP contribution in [0.2, 0.25) is 0 Å². The Balaban J connectivity index is 1.67. The summed E-state index contributed by atoms with van der Waals surface area (Å²) in [5.41, 5.74) is 2.68. The van der Waals surface area contributed by atoms with Crippen LogP contribution in [0.4, 0.5) is 4.39 Å². The maximum atomic E-state index is 14.9. The van der Waals surface area contributed by atoms with Gasteiger partial charge in [-0.2, -0.15) is 0 Å². The number of fused-ring (bicyclic) bond motifs is 5. The molecule has 0 radical (unpaired) electrons. The van der Waals surface area contributed by atoms with Gasteiger partial charge < -0.3 is 19.5 Å². The number of pyridine rings is 2. The van der Waals surface area contributed by atoms with E-state index < -0.39 is 11.2 Å². The fraction of sp³-hybridized carbons (Fsp3) is 0.444. The molecule has 1 unspecified atom stereocenters. The van der Waals surface area contributed by atoms with Gasteiger partial charge in [0, 0.05) is 46.5 Å². The van der Waals surface area contributed by atoms with Crippen molar-refractivity contribution in [2.45, 2.75) is 64.2 Å². The van der Waals surface area contributed by atoms with Crippen LogP contribution in [-0.4, -0.2) is 38.8 Å². The molecule has 2 aliphatic carbocycles. The molecule has 7 nitrogen and oxygen atoms in total. The number of carbonyl (C=O) groups is 1. The first kappa shape index (κ1) is 22.5. The lowest BCUT2D eigenvalue weighted by Gasteiger charge is -2.32. The Morgan fingerprint density at radius 2 is 1.97 bits per heavy atom. The number of Topliss-reactive ketones (excluding diaryl/α,β-unsaturated/α-hetero) is 1. The predicted molar refractivity (Wildman–Crippen MR) is 127 cm³/mol. The van der Waals surface area contributed by atoms with Crippen molar-refractivity contribution in [1.29, 1.82) is 0 Å². The number of ketones is 1. The van der Waals surface area contributed by atoms with Crippen molar-refractivity contribution in [3.8, 4) is 11.4 Å². The third-order valence-corrected chi connectivity index (χ3v) is 8.24. The monoisotopic (exact) mass is 478 g/mol. The average molecular weight is 479 g/mol. The standard InChI is InChI=1S/C27H27FN2O5/c1-4-27(34)17-9-20-24-16(12-30(20)25(33)14(17)5-6-21(27)32)23-22-15(11-26(23,3)35-8-7-31)13(2)18(28)10-19(22)29-24/h9-10,31,34H,4-8,11-12H2,1-3H3/t26?,27-/m0/s1. The molecule has 35 heavy (non-hydrogen) atoms. The lowest BCUT2D eigenvalue weighted by atomic mass is 9.77. The molecule has 0 fully saturated rings. The number of hydrogen-bond donors (Lipinski definition) is 2. The van der Waals surface area contributed by atoms with E-state index in [-0.39, 0.29) is 49.8 Å². The van der Waals surface area contributed by atoms with Gasteiger partial charge in [-0.25, -0.2) is 9.37 Å². The van der Waals surface area contributed by atoms with Crippen LogP contribution in [0.25, 0.3) is 22.3 Å². The molecule has 0 saturated carbocycles. The van der Waals surface area contributed by atoms with E-state index in [0.29, 0.717) is 46.4 Å². The molecule has 2 atom stereocenters. The van der Waals surface area contributed by atoms with E-state index in [2.05, 4.69) is 0 Å². The minimum atomic E-state index is -1.70. The van der Waals surface area contributed by atoms with E-state index in [1.807, 2.05) is 6.92 Å². The number of benzene rings is 1. The summed E-state index contributed by atoms with van der Waals surface area (Å²) >= 11 is 0. The second kappa shape index (κ2) is 7.29. The molecule has 0 spiro atoms. The van der Waals surface area contributed by atoms with Crippen LogP contribution < -0.4 is 5.56 Å². The zero-order chi connectivity index (χ0) is 24.9. The summed E-state index contributed by atoms with van der Waals surface area (Å²) in [6.45, 7) is 5.66. The van der Waals surface area contributed by atoms with Gasteiger partial charge >= 0.3 is 0 Å². The van der Waals surface area contributed by atoms with Gasteiger partial charge in [0.2, 0.25) is 0 Å². The molecule has 2 N–H and O–H groups in total. The number of carbonyl (C=O) groups excluding carboxylic acids is 1. The molecule has 8 heteroatoms. The van der Waals surface area contributed by atoms with Crippen LogP contribution in [0.15, 0.2) is 16.9 Å². The minimum Gasteiger partial charge on any atom is -0.394 e. The highest BCUT2D eigenvalue weighted by atomic mass is 19.1. The number of halogens is 1. The lowest BCUT2D eigenvalue weighted by molar-refractivity contribution is -0.140. The van der Waals surface area contributed by atoms with Crippen molar-refractivity contribution in [1.82, 2.24) is 9.55 Å². The van der Waals surface area contributed by atoms with Gasteiger partial charge in [0.15, 0.2) is 5.78 Å². The normalized spacial score (nSPS) is 24.1. The van der Waals surface area contributed by atoms with Crippen molar-refractivity contribution < 1.29 is 24.1 Å².